The fraction of sp³-hybridized carbons (Fsp3) is 0.292. The van der Waals surface area contributed by atoms with Gasteiger partial charge < -0.3 is 4.90 Å². The molecule has 0 N–H and O–H groups in total. The van der Waals surface area contributed by atoms with E-state index < -0.39 is 10.0 Å². The summed E-state index contributed by atoms with van der Waals surface area (Å²) in [6.07, 6.45) is 2.78. The molecule has 1 saturated heterocycles. The third-order valence-electron chi connectivity index (χ3n) is 6.09. The maximum absolute atomic E-state index is 13.6. The van der Waals surface area contributed by atoms with Gasteiger partial charge in [-0.25, -0.2) is 8.42 Å². The summed E-state index contributed by atoms with van der Waals surface area (Å²) in [5.41, 5.74) is 4.39. The van der Waals surface area contributed by atoms with Gasteiger partial charge in [0.05, 0.1) is 0 Å². The number of rotatable bonds is 3. The minimum Gasteiger partial charge on any atom is -0.329 e. The molecule has 2 aliphatic rings. The van der Waals surface area contributed by atoms with Gasteiger partial charge in [0.2, 0.25) is 10.0 Å². The molecule has 31 heavy (non-hydrogen) atoms. The molecule has 0 radical (unpaired) electrons. The minimum atomic E-state index is -3.67. The lowest BCUT2D eigenvalue weighted by molar-refractivity contribution is 0.0733. The summed E-state index contributed by atoms with van der Waals surface area (Å²) < 4.78 is 28.1. The van der Waals surface area contributed by atoms with Gasteiger partial charge in [-0.05, 0) is 46.5 Å². The molecule has 2 aliphatic heterocycles. The van der Waals surface area contributed by atoms with Crippen molar-refractivity contribution in [3.05, 3.63) is 76.0 Å². The van der Waals surface area contributed by atoms with Crippen LogP contribution in [-0.2, 0) is 23.1 Å². The fourth-order valence-electron chi connectivity index (χ4n) is 4.50. The number of benzene rings is 2. The Hall–Kier alpha value is -2.48. The van der Waals surface area contributed by atoms with Crippen molar-refractivity contribution in [2.45, 2.75) is 37.2 Å². The third-order valence-corrected chi connectivity index (χ3v) is 9.06. The molecule has 0 spiro atoms. The van der Waals surface area contributed by atoms with E-state index in [0.29, 0.717) is 31.1 Å². The Morgan fingerprint density at radius 3 is 2.00 bits per heavy atom. The topological polar surface area (TPSA) is 57.7 Å². The number of piperidine rings is 1. The van der Waals surface area contributed by atoms with Crippen LogP contribution >= 0.6 is 11.3 Å². The average Bonchev–Trinajstić information content (AvgIpc) is 3.24. The molecule has 1 amide bonds. The molecule has 0 aliphatic carbocycles. The molecule has 3 heterocycles. The van der Waals surface area contributed by atoms with E-state index in [1.54, 1.807) is 16.3 Å². The molecule has 1 fully saturated rings. The highest BCUT2D eigenvalue weighted by Gasteiger charge is 2.33. The molecule has 5 rings (SSSR count). The molecule has 0 saturated carbocycles. The molecule has 2 aromatic carbocycles. The predicted octanol–water partition coefficient (Wildman–Crippen LogP) is 4.75. The average molecular weight is 453 g/mol. The largest absolute Gasteiger partial charge is 0.329 e. The monoisotopic (exact) mass is 452 g/mol. The van der Waals surface area contributed by atoms with Crippen molar-refractivity contribution < 1.29 is 13.2 Å². The second-order valence-corrected chi connectivity index (χ2v) is 10.9. The van der Waals surface area contributed by atoms with Crippen LogP contribution in [0.3, 0.4) is 0 Å². The normalized spacial score (nSPS) is 17.0. The van der Waals surface area contributed by atoms with Crippen molar-refractivity contribution in [3.8, 4) is 11.1 Å². The summed E-state index contributed by atoms with van der Waals surface area (Å²) in [7, 11) is -3.67. The Bertz CT molecular complexity index is 1180. The molecule has 5 nitrogen and oxygen atoms in total. The molecular formula is C24H24N2O3S2. The van der Waals surface area contributed by atoms with Gasteiger partial charge in [0.15, 0.2) is 0 Å². The highest BCUT2D eigenvalue weighted by Crippen LogP contribution is 2.35. The van der Waals surface area contributed by atoms with Gasteiger partial charge in [-0.3, -0.25) is 4.79 Å². The maximum atomic E-state index is 13.6. The smallest absolute Gasteiger partial charge is 0.265 e. The first-order valence-electron chi connectivity index (χ1n) is 10.6. The van der Waals surface area contributed by atoms with E-state index in [1.807, 2.05) is 36.4 Å². The SMILES string of the molecule is O=C(c1sccc1S(=O)(=O)N1CCCCC1)N1Cc2ccccc2-c2ccccc2C1. The summed E-state index contributed by atoms with van der Waals surface area (Å²) in [5.74, 6) is -0.225. The van der Waals surface area contributed by atoms with Crippen LogP contribution in [0.15, 0.2) is 64.9 Å². The number of thiophene rings is 1. The van der Waals surface area contributed by atoms with Crippen LogP contribution in [-0.4, -0.2) is 36.6 Å². The predicted molar refractivity (Wildman–Crippen MR) is 122 cm³/mol. The van der Waals surface area contributed by atoms with Crippen LogP contribution < -0.4 is 0 Å². The first kappa shape index (κ1) is 20.4. The highest BCUT2D eigenvalue weighted by molar-refractivity contribution is 7.89. The Labute approximate surface area is 187 Å². The van der Waals surface area contributed by atoms with E-state index in [1.165, 1.54) is 15.6 Å². The van der Waals surface area contributed by atoms with E-state index in [9.17, 15) is 13.2 Å². The van der Waals surface area contributed by atoms with E-state index in [2.05, 4.69) is 12.1 Å². The van der Waals surface area contributed by atoms with Crippen LogP contribution in [0, 0.1) is 0 Å². The minimum absolute atomic E-state index is 0.148. The Kier molecular flexibility index (Phi) is 5.42. The third kappa shape index (κ3) is 3.71. The van der Waals surface area contributed by atoms with Gasteiger partial charge in [-0.15, -0.1) is 11.3 Å². The number of carbonyl (C=O) groups excluding carboxylic acids is 1. The summed E-state index contributed by atoms with van der Waals surface area (Å²) in [6, 6.07) is 17.8. The molecule has 0 atom stereocenters. The molecule has 160 valence electrons. The molecule has 0 bridgehead atoms. The van der Waals surface area contributed by atoms with Crippen LogP contribution in [0.2, 0.25) is 0 Å². The first-order valence-corrected chi connectivity index (χ1v) is 12.9. The zero-order chi connectivity index (χ0) is 21.4. The van der Waals surface area contributed by atoms with Gasteiger partial charge in [0, 0.05) is 26.2 Å². The van der Waals surface area contributed by atoms with Crippen molar-refractivity contribution in [1.82, 2.24) is 9.21 Å². The van der Waals surface area contributed by atoms with Crippen molar-refractivity contribution in [2.75, 3.05) is 13.1 Å². The maximum Gasteiger partial charge on any atom is 0.265 e. The summed E-state index contributed by atoms with van der Waals surface area (Å²) in [6.45, 7) is 1.95. The standard InChI is InChI=1S/C24H24N2O3S2/c27-24(23-22(12-15-30-23)31(28,29)26-13-6-1-7-14-26)25-16-18-8-2-4-10-20(18)21-11-5-3-9-19(21)17-25/h2-5,8-12,15H,1,6-7,13-14,16-17H2. The van der Waals surface area contributed by atoms with Crippen molar-refractivity contribution in [2.24, 2.45) is 0 Å². The van der Waals surface area contributed by atoms with E-state index in [0.717, 1.165) is 41.5 Å². The van der Waals surface area contributed by atoms with E-state index in [-0.39, 0.29) is 10.8 Å². The number of amides is 1. The quantitative estimate of drug-likeness (QED) is 0.576. The molecule has 0 unspecified atom stereocenters. The summed E-state index contributed by atoms with van der Waals surface area (Å²) >= 11 is 1.21. The molecule has 3 aromatic rings. The highest BCUT2D eigenvalue weighted by atomic mass is 32.2. The van der Waals surface area contributed by atoms with Crippen LogP contribution in [0.4, 0.5) is 0 Å². The van der Waals surface area contributed by atoms with Gasteiger partial charge >= 0.3 is 0 Å². The summed E-state index contributed by atoms with van der Waals surface area (Å²) in [4.78, 5) is 15.9. The van der Waals surface area contributed by atoms with Crippen LogP contribution in [0.5, 0.6) is 0 Å². The Balaban J connectivity index is 1.52. The second-order valence-electron chi connectivity index (χ2n) is 8.05. The zero-order valence-corrected chi connectivity index (χ0v) is 18.8. The lowest BCUT2D eigenvalue weighted by atomic mass is 9.97. The first-order chi connectivity index (χ1) is 15.1. The fourth-order valence-corrected chi connectivity index (χ4v) is 7.38. The van der Waals surface area contributed by atoms with Gasteiger partial charge in [-0.1, -0.05) is 55.0 Å². The number of nitrogens with zero attached hydrogens (tertiary/aromatic N) is 2. The van der Waals surface area contributed by atoms with Gasteiger partial charge in [-0.2, -0.15) is 4.31 Å². The van der Waals surface area contributed by atoms with Crippen LogP contribution in [0.25, 0.3) is 11.1 Å². The van der Waals surface area contributed by atoms with Crippen molar-refractivity contribution in [3.63, 3.8) is 0 Å². The van der Waals surface area contributed by atoms with E-state index in [4.69, 9.17) is 0 Å². The number of hydrogen-bond donors (Lipinski definition) is 0. The van der Waals surface area contributed by atoms with Gasteiger partial charge in [0.1, 0.15) is 9.77 Å². The number of fused-ring (bicyclic) bond motifs is 3. The van der Waals surface area contributed by atoms with Crippen molar-refractivity contribution in [1.29, 1.82) is 0 Å². The zero-order valence-electron chi connectivity index (χ0n) is 17.2. The Morgan fingerprint density at radius 2 is 1.39 bits per heavy atom. The number of carbonyl (C=O) groups is 1. The second kappa shape index (κ2) is 8.22. The van der Waals surface area contributed by atoms with Crippen molar-refractivity contribution >= 4 is 27.3 Å². The van der Waals surface area contributed by atoms with E-state index >= 15 is 0 Å². The lowest BCUT2D eigenvalue weighted by Crippen LogP contribution is -2.37. The van der Waals surface area contributed by atoms with Gasteiger partial charge in [0.25, 0.3) is 5.91 Å². The molecule has 7 heteroatoms. The molecule has 1 aromatic heterocycles. The summed E-state index contributed by atoms with van der Waals surface area (Å²) in [5, 5.41) is 1.71. The van der Waals surface area contributed by atoms with Crippen LogP contribution in [0.1, 0.15) is 40.1 Å². The Morgan fingerprint density at radius 1 is 0.806 bits per heavy atom. The number of hydrogen-bond acceptors (Lipinski definition) is 4. The number of sulfonamides is 1. The molecular weight excluding hydrogens is 428 g/mol. The lowest BCUT2D eigenvalue weighted by Gasteiger charge is -2.26.